The van der Waals surface area contributed by atoms with Gasteiger partial charge in [-0.3, -0.25) is 0 Å². The van der Waals surface area contributed by atoms with Crippen molar-refractivity contribution >= 4 is 6.03 Å². The van der Waals surface area contributed by atoms with E-state index < -0.39 is 6.03 Å². The molecular weight excluding hydrogens is 170 g/mol. The van der Waals surface area contributed by atoms with E-state index in [1.807, 2.05) is 6.92 Å². The third-order valence-electron chi connectivity index (χ3n) is 1.45. The number of ether oxygens (including phenoxy) is 1. The van der Waals surface area contributed by atoms with Crippen LogP contribution in [-0.4, -0.2) is 38.9 Å². The summed E-state index contributed by atoms with van der Waals surface area (Å²) in [6, 6.07) is -0.476. The highest BCUT2D eigenvalue weighted by atomic mass is 16.5. The molecule has 0 spiro atoms. The van der Waals surface area contributed by atoms with Crippen LogP contribution in [0.4, 0.5) is 4.79 Å². The van der Waals surface area contributed by atoms with Crippen molar-refractivity contribution in [3.05, 3.63) is 0 Å². The quantitative estimate of drug-likeness (QED) is 0.458. The van der Waals surface area contributed by atoms with E-state index >= 15 is 0 Å². The summed E-state index contributed by atoms with van der Waals surface area (Å²) in [4.78, 5) is 10.2. The summed E-state index contributed by atoms with van der Waals surface area (Å²) >= 11 is 0. The molecule has 0 aliphatic heterocycles. The fourth-order valence-electron chi connectivity index (χ4n) is 0.843. The average Bonchev–Trinajstić information content (AvgIpc) is 2.09. The number of rotatable bonds is 8. The van der Waals surface area contributed by atoms with Crippen LogP contribution < -0.4 is 16.4 Å². The molecule has 0 aromatic carbocycles. The van der Waals surface area contributed by atoms with Gasteiger partial charge in [-0.05, 0) is 19.9 Å². The normalized spacial score (nSPS) is 9.92. The number of hydrogen-bond acceptors (Lipinski definition) is 3. The Morgan fingerprint density at radius 3 is 2.77 bits per heavy atom. The highest BCUT2D eigenvalue weighted by Crippen LogP contribution is 1.79. The summed E-state index contributed by atoms with van der Waals surface area (Å²) in [6.07, 6.45) is 0.990. The Morgan fingerprint density at radius 1 is 1.38 bits per heavy atom. The first kappa shape index (κ1) is 12.2. The Hall–Kier alpha value is -0.810. The lowest BCUT2D eigenvalue weighted by Crippen LogP contribution is -2.35. The Balaban J connectivity index is 2.87. The van der Waals surface area contributed by atoms with Gasteiger partial charge in [-0.15, -0.1) is 0 Å². The molecule has 5 nitrogen and oxygen atoms in total. The number of primary amides is 1. The summed E-state index contributed by atoms with van der Waals surface area (Å²) in [5.41, 5.74) is 4.88. The molecule has 0 rings (SSSR count). The number of carbonyl (C=O) groups is 1. The van der Waals surface area contributed by atoms with Crippen LogP contribution in [0.2, 0.25) is 0 Å². The molecule has 0 radical (unpaired) electrons. The molecule has 0 aliphatic carbocycles. The van der Waals surface area contributed by atoms with Gasteiger partial charge in [0.25, 0.3) is 0 Å². The van der Waals surface area contributed by atoms with Crippen LogP contribution in [0.3, 0.4) is 0 Å². The maximum Gasteiger partial charge on any atom is 0.312 e. The minimum atomic E-state index is -0.476. The molecule has 0 aromatic heterocycles. The number of urea groups is 1. The molecule has 0 unspecified atom stereocenters. The molecule has 0 aliphatic rings. The van der Waals surface area contributed by atoms with Crippen molar-refractivity contribution < 1.29 is 9.53 Å². The first-order valence-electron chi connectivity index (χ1n) is 4.59. The van der Waals surface area contributed by atoms with E-state index in [-0.39, 0.29) is 0 Å². The third-order valence-corrected chi connectivity index (χ3v) is 1.45. The standard InChI is InChI=1S/C8H19N3O2/c1-2-13-7-3-4-10-5-6-11-8(9)12/h10H,2-7H2,1H3,(H3,9,11,12). The van der Waals surface area contributed by atoms with Crippen LogP contribution in [-0.2, 0) is 4.74 Å². The van der Waals surface area contributed by atoms with Gasteiger partial charge in [0.2, 0.25) is 0 Å². The predicted molar refractivity (Wildman–Crippen MR) is 51.6 cm³/mol. The van der Waals surface area contributed by atoms with Crippen LogP contribution >= 0.6 is 0 Å². The van der Waals surface area contributed by atoms with Crippen molar-refractivity contribution in [2.75, 3.05) is 32.8 Å². The molecule has 0 saturated heterocycles. The summed E-state index contributed by atoms with van der Waals surface area (Å²) in [6.45, 7) is 5.75. The topological polar surface area (TPSA) is 76.4 Å². The van der Waals surface area contributed by atoms with Gasteiger partial charge in [0.1, 0.15) is 0 Å². The Labute approximate surface area is 79.0 Å². The zero-order valence-corrected chi connectivity index (χ0v) is 8.14. The first-order chi connectivity index (χ1) is 6.27. The average molecular weight is 189 g/mol. The van der Waals surface area contributed by atoms with Gasteiger partial charge in [-0.1, -0.05) is 0 Å². The van der Waals surface area contributed by atoms with E-state index in [2.05, 4.69) is 10.6 Å². The van der Waals surface area contributed by atoms with Crippen LogP contribution in [0.25, 0.3) is 0 Å². The van der Waals surface area contributed by atoms with Crippen LogP contribution in [0.5, 0.6) is 0 Å². The minimum Gasteiger partial charge on any atom is -0.382 e. The van der Waals surface area contributed by atoms with E-state index in [0.29, 0.717) is 6.54 Å². The molecule has 0 fully saturated rings. The number of amides is 2. The van der Waals surface area contributed by atoms with E-state index in [1.54, 1.807) is 0 Å². The number of nitrogens with one attached hydrogen (secondary N) is 2. The molecule has 0 bridgehead atoms. The van der Waals surface area contributed by atoms with Crippen molar-refractivity contribution in [3.8, 4) is 0 Å². The van der Waals surface area contributed by atoms with E-state index in [4.69, 9.17) is 10.5 Å². The maximum absolute atomic E-state index is 10.2. The lowest BCUT2D eigenvalue weighted by atomic mass is 10.4. The van der Waals surface area contributed by atoms with Crippen molar-refractivity contribution in [2.24, 2.45) is 5.73 Å². The summed E-state index contributed by atoms with van der Waals surface area (Å²) < 4.78 is 5.15. The van der Waals surface area contributed by atoms with Crippen molar-refractivity contribution in [2.45, 2.75) is 13.3 Å². The molecule has 2 amide bonds. The summed E-state index contributed by atoms with van der Waals surface area (Å²) in [7, 11) is 0. The van der Waals surface area contributed by atoms with Crippen LogP contribution in [0.1, 0.15) is 13.3 Å². The fourth-order valence-corrected chi connectivity index (χ4v) is 0.843. The maximum atomic E-state index is 10.2. The molecular formula is C8H19N3O2. The zero-order chi connectivity index (χ0) is 9.94. The van der Waals surface area contributed by atoms with Gasteiger partial charge in [-0.2, -0.15) is 0 Å². The lowest BCUT2D eigenvalue weighted by molar-refractivity contribution is 0.145. The van der Waals surface area contributed by atoms with Gasteiger partial charge in [0.05, 0.1) is 0 Å². The Bertz CT molecular complexity index is 131. The number of nitrogens with two attached hydrogens (primary N) is 1. The second kappa shape index (κ2) is 9.28. The Kier molecular flexibility index (Phi) is 8.70. The van der Waals surface area contributed by atoms with Gasteiger partial charge >= 0.3 is 6.03 Å². The number of hydrogen-bond donors (Lipinski definition) is 3. The molecule has 0 aromatic rings. The molecule has 0 heterocycles. The highest BCUT2D eigenvalue weighted by Gasteiger charge is 1.90. The first-order valence-corrected chi connectivity index (χ1v) is 4.59. The van der Waals surface area contributed by atoms with Gasteiger partial charge in [0.15, 0.2) is 0 Å². The zero-order valence-electron chi connectivity index (χ0n) is 8.14. The van der Waals surface area contributed by atoms with Crippen molar-refractivity contribution in [1.82, 2.24) is 10.6 Å². The van der Waals surface area contributed by atoms with E-state index in [9.17, 15) is 4.79 Å². The summed E-state index contributed by atoms with van der Waals surface area (Å²) in [5, 5.41) is 5.64. The second-order valence-electron chi connectivity index (χ2n) is 2.59. The molecule has 13 heavy (non-hydrogen) atoms. The minimum absolute atomic E-state index is 0.476. The second-order valence-corrected chi connectivity index (χ2v) is 2.59. The molecule has 78 valence electrons. The SMILES string of the molecule is CCOCCCNCCNC(N)=O. The number of carbonyl (C=O) groups excluding carboxylic acids is 1. The highest BCUT2D eigenvalue weighted by molar-refractivity contribution is 5.71. The largest absolute Gasteiger partial charge is 0.382 e. The van der Waals surface area contributed by atoms with E-state index in [0.717, 1.165) is 32.7 Å². The van der Waals surface area contributed by atoms with Crippen LogP contribution in [0, 0.1) is 0 Å². The van der Waals surface area contributed by atoms with E-state index in [1.165, 1.54) is 0 Å². The molecule has 5 heteroatoms. The fraction of sp³-hybridized carbons (Fsp3) is 0.875. The smallest absolute Gasteiger partial charge is 0.312 e. The van der Waals surface area contributed by atoms with Crippen LogP contribution in [0.15, 0.2) is 0 Å². The summed E-state index contributed by atoms with van der Waals surface area (Å²) in [5.74, 6) is 0. The van der Waals surface area contributed by atoms with Gasteiger partial charge < -0.3 is 21.1 Å². The monoisotopic (exact) mass is 189 g/mol. The van der Waals surface area contributed by atoms with Crippen molar-refractivity contribution in [3.63, 3.8) is 0 Å². The van der Waals surface area contributed by atoms with Crippen molar-refractivity contribution in [1.29, 1.82) is 0 Å². The third kappa shape index (κ3) is 11.2. The lowest BCUT2D eigenvalue weighted by Gasteiger charge is -2.04. The molecule has 4 N–H and O–H groups in total. The van der Waals surface area contributed by atoms with Gasteiger partial charge in [-0.25, -0.2) is 4.79 Å². The molecule has 0 atom stereocenters. The van der Waals surface area contributed by atoms with Gasteiger partial charge in [0, 0.05) is 26.3 Å². The Morgan fingerprint density at radius 2 is 2.15 bits per heavy atom. The predicted octanol–water partition coefficient (Wildman–Crippen LogP) is -0.329. The molecule has 0 saturated carbocycles.